The van der Waals surface area contributed by atoms with E-state index < -0.39 is 15.6 Å². The van der Waals surface area contributed by atoms with Crippen LogP contribution in [0, 0.1) is 0 Å². The number of methoxy groups -OCH3 is 1. The average molecular weight is 308 g/mol. The molecule has 0 amide bonds. The van der Waals surface area contributed by atoms with Gasteiger partial charge in [0.15, 0.2) is 0 Å². The number of allylic oxidation sites excluding steroid dienone is 1. The predicted octanol–water partition coefficient (Wildman–Crippen LogP) is 2.85. The molecule has 1 aliphatic rings. The van der Waals surface area contributed by atoms with Crippen molar-refractivity contribution < 1.29 is 30.5 Å². The highest BCUT2D eigenvalue weighted by molar-refractivity contribution is 7.87. The molecular weight excluding hydrogens is 297 g/mol. The maximum atomic E-state index is 12.2. The molecule has 0 spiro atoms. The average Bonchev–Trinajstić information content (AvgIpc) is 2.36. The molecule has 0 N–H and O–H groups in total. The zero-order chi connectivity index (χ0) is 15.0. The Kier molecular flexibility index (Phi) is 3.68. The van der Waals surface area contributed by atoms with Gasteiger partial charge >= 0.3 is 15.6 Å². The van der Waals surface area contributed by atoms with Crippen molar-refractivity contribution >= 4 is 16.2 Å². The first-order chi connectivity index (χ1) is 9.23. The number of hydrogen-bond acceptors (Lipinski definition) is 4. The molecule has 2 rings (SSSR count). The molecule has 0 unspecified atom stereocenters. The van der Waals surface area contributed by atoms with E-state index in [4.69, 9.17) is 4.74 Å². The Balaban J connectivity index is 2.27. The lowest BCUT2D eigenvalue weighted by Crippen LogP contribution is -2.25. The summed E-state index contributed by atoms with van der Waals surface area (Å²) < 4.78 is 67.7. The molecule has 1 aliphatic carbocycles. The van der Waals surface area contributed by atoms with Crippen molar-refractivity contribution in [1.29, 1.82) is 0 Å². The third kappa shape index (κ3) is 2.90. The molecule has 0 aliphatic heterocycles. The maximum absolute atomic E-state index is 12.2. The van der Waals surface area contributed by atoms with Gasteiger partial charge in [-0.1, -0.05) is 6.07 Å². The lowest BCUT2D eigenvalue weighted by molar-refractivity contribution is -0.0522. The van der Waals surface area contributed by atoms with Crippen LogP contribution < -0.4 is 4.74 Å². The van der Waals surface area contributed by atoms with Gasteiger partial charge in [-0.25, -0.2) is 0 Å². The van der Waals surface area contributed by atoms with Crippen molar-refractivity contribution in [3.8, 4) is 5.75 Å². The number of halogens is 3. The van der Waals surface area contributed by atoms with E-state index in [1.165, 1.54) is 13.2 Å². The number of benzene rings is 1. The first kappa shape index (κ1) is 14.7. The van der Waals surface area contributed by atoms with Gasteiger partial charge in [-0.15, -0.1) is 0 Å². The molecule has 0 heterocycles. The van der Waals surface area contributed by atoms with E-state index in [1.54, 1.807) is 18.2 Å². The molecule has 0 radical (unpaired) electrons. The zero-order valence-corrected chi connectivity index (χ0v) is 11.2. The Morgan fingerprint density at radius 1 is 1.20 bits per heavy atom. The number of aryl methyl sites for hydroxylation is 1. The van der Waals surface area contributed by atoms with E-state index in [2.05, 4.69) is 4.18 Å². The largest absolute Gasteiger partial charge is 0.534 e. The Bertz CT molecular complexity index is 647. The van der Waals surface area contributed by atoms with E-state index >= 15 is 0 Å². The second kappa shape index (κ2) is 5.01. The Hall–Kier alpha value is -1.70. The van der Waals surface area contributed by atoms with Gasteiger partial charge < -0.3 is 8.92 Å². The summed E-state index contributed by atoms with van der Waals surface area (Å²) >= 11 is 0. The molecule has 0 aromatic heterocycles. The van der Waals surface area contributed by atoms with Crippen LogP contribution in [-0.2, 0) is 20.7 Å². The van der Waals surface area contributed by atoms with Crippen LogP contribution in [-0.4, -0.2) is 21.0 Å². The van der Waals surface area contributed by atoms with E-state index in [1.807, 2.05) is 0 Å². The van der Waals surface area contributed by atoms with Crippen molar-refractivity contribution in [1.82, 2.24) is 0 Å². The second-order valence-corrected chi connectivity index (χ2v) is 5.70. The lowest BCUT2D eigenvalue weighted by Gasteiger charge is -2.18. The van der Waals surface area contributed by atoms with Crippen LogP contribution >= 0.6 is 0 Å². The highest BCUT2D eigenvalue weighted by Crippen LogP contribution is 2.32. The number of hydrogen-bond donors (Lipinski definition) is 0. The summed E-state index contributed by atoms with van der Waals surface area (Å²) in [6.07, 6.45) is 1.75. The third-order valence-corrected chi connectivity index (χ3v) is 3.81. The van der Waals surface area contributed by atoms with Gasteiger partial charge in [-0.05, 0) is 35.8 Å². The normalized spacial score (nSPS) is 15.3. The van der Waals surface area contributed by atoms with E-state index in [9.17, 15) is 21.6 Å². The lowest BCUT2D eigenvalue weighted by atomic mass is 9.96. The van der Waals surface area contributed by atoms with Gasteiger partial charge in [0.2, 0.25) is 0 Å². The van der Waals surface area contributed by atoms with E-state index in [0.29, 0.717) is 17.7 Å². The van der Waals surface area contributed by atoms with Crippen LogP contribution in [0.2, 0.25) is 0 Å². The Morgan fingerprint density at radius 2 is 1.90 bits per heavy atom. The maximum Gasteiger partial charge on any atom is 0.534 e. The first-order valence-corrected chi connectivity index (χ1v) is 7.02. The standard InChI is InChI=1S/C12H11F3O4S/c1-18-10-4-2-9-7-11(5-3-8(9)6-10)19-20(16,17)12(13,14)15/h2,4,6-7H,3,5H2,1H3. The second-order valence-electron chi connectivity index (χ2n) is 4.16. The van der Waals surface area contributed by atoms with E-state index in [-0.39, 0.29) is 12.2 Å². The minimum absolute atomic E-state index is 0.0788. The molecule has 20 heavy (non-hydrogen) atoms. The number of alkyl halides is 3. The third-order valence-electron chi connectivity index (χ3n) is 2.81. The minimum Gasteiger partial charge on any atom is -0.497 e. The molecular formula is C12H11F3O4S. The molecule has 0 fully saturated rings. The number of rotatable bonds is 3. The first-order valence-electron chi connectivity index (χ1n) is 5.61. The molecule has 0 saturated carbocycles. The number of fused-ring (bicyclic) bond motifs is 1. The fourth-order valence-corrected chi connectivity index (χ4v) is 2.33. The highest BCUT2D eigenvalue weighted by atomic mass is 32.2. The number of ether oxygens (including phenoxy) is 1. The SMILES string of the molecule is COc1ccc2c(c1)CCC(OS(=O)(=O)C(F)(F)F)=C2. The highest BCUT2D eigenvalue weighted by Gasteiger charge is 2.48. The molecule has 0 saturated heterocycles. The fourth-order valence-electron chi connectivity index (χ4n) is 1.82. The van der Waals surface area contributed by atoms with Gasteiger partial charge in [0.05, 0.1) is 7.11 Å². The molecule has 0 bridgehead atoms. The van der Waals surface area contributed by atoms with Gasteiger partial charge in [0.1, 0.15) is 11.5 Å². The Labute approximate surface area is 113 Å². The van der Waals surface area contributed by atoms with Crippen molar-refractivity contribution in [2.24, 2.45) is 0 Å². The molecule has 0 atom stereocenters. The monoisotopic (exact) mass is 308 g/mol. The Morgan fingerprint density at radius 3 is 2.50 bits per heavy atom. The predicted molar refractivity (Wildman–Crippen MR) is 65.4 cm³/mol. The van der Waals surface area contributed by atoms with Gasteiger partial charge in [-0.2, -0.15) is 21.6 Å². The van der Waals surface area contributed by atoms with Crippen molar-refractivity contribution in [2.75, 3.05) is 7.11 Å². The van der Waals surface area contributed by atoms with E-state index in [0.717, 1.165) is 5.56 Å². The van der Waals surface area contributed by atoms with Crippen LogP contribution in [0.5, 0.6) is 5.75 Å². The topological polar surface area (TPSA) is 52.6 Å². The smallest absolute Gasteiger partial charge is 0.497 e. The zero-order valence-electron chi connectivity index (χ0n) is 10.4. The summed E-state index contributed by atoms with van der Waals surface area (Å²) in [6.45, 7) is 0. The minimum atomic E-state index is -5.61. The van der Waals surface area contributed by atoms with Crippen molar-refractivity contribution in [3.63, 3.8) is 0 Å². The molecule has 8 heteroatoms. The summed E-state index contributed by atoms with van der Waals surface area (Å²) in [5, 5.41) is 0. The summed E-state index contributed by atoms with van der Waals surface area (Å²) in [5.41, 5.74) is -3.95. The van der Waals surface area contributed by atoms with Gasteiger partial charge in [0, 0.05) is 6.42 Å². The summed E-state index contributed by atoms with van der Waals surface area (Å²) in [7, 11) is -4.10. The quantitative estimate of drug-likeness (QED) is 0.636. The van der Waals surface area contributed by atoms with Crippen LogP contribution in [0.15, 0.2) is 24.0 Å². The van der Waals surface area contributed by atoms with Crippen LogP contribution in [0.4, 0.5) is 13.2 Å². The van der Waals surface area contributed by atoms with Crippen LogP contribution in [0.25, 0.3) is 6.08 Å². The van der Waals surface area contributed by atoms with Crippen molar-refractivity contribution in [2.45, 2.75) is 18.3 Å². The molecule has 4 nitrogen and oxygen atoms in total. The van der Waals surface area contributed by atoms with Gasteiger partial charge in [-0.3, -0.25) is 0 Å². The molecule has 110 valence electrons. The van der Waals surface area contributed by atoms with Crippen molar-refractivity contribution in [3.05, 3.63) is 35.1 Å². The van der Waals surface area contributed by atoms with Crippen LogP contribution in [0.1, 0.15) is 17.5 Å². The van der Waals surface area contributed by atoms with Gasteiger partial charge in [0.25, 0.3) is 0 Å². The molecule has 1 aromatic rings. The summed E-state index contributed by atoms with van der Waals surface area (Å²) in [6, 6.07) is 5.02. The molecule has 1 aromatic carbocycles. The van der Waals surface area contributed by atoms with Crippen LogP contribution in [0.3, 0.4) is 0 Å². The summed E-state index contributed by atoms with van der Waals surface area (Å²) in [5.74, 6) is 0.407. The fraction of sp³-hybridized carbons (Fsp3) is 0.333. The summed E-state index contributed by atoms with van der Waals surface area (Å²) in [4.78, 5) is 0.